The van der Waals surface area contributed by atoms with E-state index in [4.69, 9.17) is 12.2 Å². The van der Waals surface area contributed by atoms with E-state index < -0.39 is 0 Å². The molecule has 0 aliphatic carbocycles. The summed E-state index contributed by atoms with van der Waals surface area (Å²) in [5.74, 6) is 0.249. The second-order valence-corrected chi connectivity index (χ2v) is 8.12. The fraction of sp³-hybridized carbons (Fsp3) is 0.167. The van der Waals surface area contributed by atoms with Gasteiger partial charge in [-0.15, -0.1) is 5.10 Å². The molecule has 0 spiro atoms. The fourth-order valence-electron chi connectivity index (χ4n) is 2.24. The third-order valence-electron chi connectivity index (χ3n) is 3.48. The number of aromatic nitrogens is 2. The van der Waals surface area contributed by atoms with Gasteiger partial charge in [0, 0.05) is 5.69 Å². The minimum atomic E-state index is -0.0503. The average molecular weight is 388 g/mol. The van der Waals surface area contributed by atoms with Gasteiger partial charge in [-0.25, -0.2) is 4.68 Å². The van der Waals surface area contributed by atoms with Crippen LogP contribution < -0.4 is 5.32 Å². The maximum atomic E-state index is 12.2. The molecule has 2 aromatic carbocycles. The molecule has 0 atom stereocenters. The maximum absolute atomic E-state index is 12.2. The molecule has 0 saturated heterocycles. The SMILES string of the molecule is CCc1cccc(NC(=O)CSc2nn(-c3ccccc3)c(=S)s2)c1. The van der Waals surface area contributed by atoms with E-state index in [1.807, 2.05) is 54.6 Å². The lowest BCUT2D eigenvalue weighted by Crippen LogP contribution is -2.14. The molecule has 3 aromatic rings. The lowest BCUT2D eigenvalue weighted by Gasteiger charge is -2.05. The highest BCUT2D eigenvalue weighted by molar-refractivity contribution is 8.01. The molecule has 1 N–H and O–H groups in total. The summed E-state index contributed by atoms with van der Waals surface area (Å²) < 4.78 is 3.18. The van der Waals surface area contributed by atoms with Gasteiger partial charge in [-0.05, 0) is 48.5 Å². The van der Waals surface area contributed by atoms with Crippen LogP contribution in [0.2, 0.25) is 0 Å². The standard InChI is InChI=1S/C18H17N3OS3/c1-2-13-7-6-8-14(11-13)19-16(22)12-24-17-20-21(18(23)25-17)15-9-4-3-5-10-15/h3-11H,2,12H2,1H3,(H,19,22). The van der Waals surface area contributed by atoms with Gasteiger partial charge in [0.1, 0.15) is 0 Å². The number of hydrogen-bond acceptors (Lipinski definition) is 5. The van der Waals surface area contributed by atoms with Crippen molar-refractivity contribution in [2.75, 3.05) is 11.1 Å². The van der Waals surface area contributed by atoms with E-state index in [2.05, 4.69) is 17.3 Å². The van der Waals surface area contributed by atoms with E-state index in [0.29, 0.717) is 9.71 Å². The van der Waals surface area contributed by atoms with Crippen LogP contribution in [-0.4, -0.2) is 21.4 Å². The Morgan fingerprint density at radius 3 is 2.80 bits per heavy atom. The molecular weight excluding hydrogens is 370 g/mol. The first-order valence-corrected chi connectivity index (χ1v) is 10.0. The van der Waals surface area contributed by atoms with Crippen LogP contribution in [0.4, 0.5) is 5.69 Å². The lowest BCUT2D eigenvalue weighted by atomic mass is 10.1. The molecule has 0 fully saturated rings. The van der Waals surface area contributed by atoms with E-state index in [-0.39, 0.29) is 5.91 Å². The minimum Gasteiger partial charge on any atom is -0.325 e. The first-order chi connectivity index (χ1) is 12.2. The number of aryl methyl sites for hydroxylation is 1. The van der Waals surface area contributed by atoms with Crippen LogP contribution >= 0.6 is 35.3 Å². The van der Waals surface area contributed by atoms with E-state index in [1.165, 1.54) is 28.7 Å². The van der Waals surface area contributed by atoms with Crippen molar-refractivity contribution in [1.29, 1.82) is 0 Å². The molecule has 0 aliphatic heterocycles. The monoisotopic (exact) mass is 387 g/mol. The highest BCUT2D eigenvalue weighted by atomic mass is 32.2. The van der Waals surface area contributed by atoms with Gasteiger partial charge < -0.3 is 5.32 Å². The van der Waals surface area contributed by atoms with Gasteiger partial charge in [-0.1, -0.05) is 60.4 Å². The van der Waals surface area contributed by atoms with Crippen molar-refractivity contribution < 1.29 is 4.79 Å². The molecule has 1 heterocycles. The van der Waals surface area contributed by atoms with Crippen LogP contribution in [0.1, 0.15) is 12.5 Å². The summed E-state index contributed by atoms with van der Waals surface area (Å²) in [6.45, 7) is 2.09. The fourth-order valence-corrected chi connectivity index (χ4v) is 4.41. The van der Waals surface area contributed by atoms with Crippen LogP contribution in [-0.2, 0) is 11.2 Å². The largest absolute Gasteiger partial charge is 0.325 e. The lowest BCUT2D eigenvalue weighted by molar-refractivity contribution is -0.113. The van der Waals surface area contributed by atoms with Crippen molar-refractivity contribution in [3.63, 3.8) is 0 Å². The topological polar surface area (TPSA) is 46.9 Å². The number of nitrogens with one attached hydrogen (secondary N) is 1. The number of rotatable bonds is 6. The zero-order valence-corrected chi connectivity index (χ0v) is 16.1. The van der Waals surface area contributed by atoms with Crippen LogP contribution in [0, 0.1) is 3.95 Å². The number of benzene rings is 2. The van der Waals surface area contributed by atoms with Crippen LogP contribution in [0.25, 0.3) is 5.69 Å². The summed E-state index contributed by atoms with van der Waals surface area (Å²) in [6, 6.07) is 17.7. The van der Waals surface area contributed by atoms with Gasteiger partial charge in [0.25, 0.3) is 0 Å². The zero-order chi connectivity index (χ0) is 17.6. The Labute approximate surface area is 159 Å². The molecule has 128 valence electrons. The Hall–Kier alpha value is -1.96. The summed E-state index contributed by atoms with van der Waals surface area (Å²) in [7, 11) is 0. The van der Waals surface area contributed by atoms with Crippen LogP contribution in [0.3, 0.4) is 0 Å². The minimum absolute atomic E-state index is 0.0503. The Kier molecular flexibility index (Phi) is 6.01. The predicted octanol–water partition coefficient (Wildman–Crippen LogP) is 4.96. The smallest absolute Gasteiger partial charge is 0.234 e. The molecule has 4 nitrogen and oxygen atoms in total. The summed E-state index contributed by atoms with van der Waals surface area (Å²) in [5.41, 5.74) is 2.95. The molecule has 0 saturated carbocycles. The van der Waals surface area contributed by atoms with Crippen molar-refractivity contribution in [3.05, 3.63) is 64.1 Å². The number of amides is 1. The number of thioether (sulfide) groups is 1. The molecule has 3 rings (SSSR count). The van der Waals surface area contributed by atoms with E-state index >= 15 is 0 Å². The Bertz CT molecular complexity index is 919. The van der Waals surface area contributed by atoms with Crippen molar-refractivity contribution in [2.45, 2.75) is 17.7 Å². The van der Waals surface area contributed by atoms with Gasteiger partial charge in [-0.2, -0.15) is 0 Å². The molecule has 25 heavy (non-hydrogen) atoms. The first kappa shape index (κ1) is 17.8. The number of carbonyl (C=O) groups excluding carboxylic acids is 1. The van der Waals surface area contributed by atoms with Gasteiger partial charge >= 0.3 is 0 Å². The van der Waals surface area contributed by atoms with Crippen LogP contribution in [0.15, 0.2) is 58.9 Å². The second-order valence-electron chi connectivity index (χ2n) is 5.27. The summed E-state index contributed by atoms with van der Waals surface area (Å²) in [4.78, 5) is 12.2. The number of hydrogen-bond donors (Lipinski definition) is 1. The van der Waals surface area contributed by atoms with Gasteiger partial charge in [-0.3, -0.25) is 4.79 Å². The Balaban J connectivity index is 1.62. The predicted molar refractivity (Wildman–Crippen MR) is 107 cm³/mol. The van der Waals surface area contributed by atoms with Gasteiger partial charge in [0.15, 0.2) is 8.29 Å². The molecule has 0 unspecified atom stereocenters. The summed E-state index contributed by atoms with van der Waals surface area (Å²) >= 11 is 8.18. The number of carbonyl (C=O) groups is 1. The van der Waals surface area contributed by atoms with Crippen molar-refractivity contribution in [3.8, 4) is 5.69 Å². The summed E-state index contributed by atoms with van der Waals surface area (Å²) in [5, 5.41) is 7.42. The molecule has 1 aromatic heterocycles. The molecule has 1 amide bonds. The van der Waals surface area contributed by atoms with E-state index in [1.54, 1.807) is 4.68 Å². The highest BCUT2D eigenvalue weighted by Crippen LogP contribution is 2.24. The van der Waals surface area contributed by atoms with E-state index in [9.17, 15) is 4.79 Å². The normalized spacial score (nSPS) is 10.6. The highest BCUT2D eigenvalue weighted by Gasteiger charge is 2.09. The van der Waals surface area contributed by atoms with E-state index in [0.717, 1.165) is 22.1 Å². The quantitative estimate of drug-likeness (QED) is 0.480. The second kappa shape index (κ2) is 8.42. The third-order valence-corrected chi connectivity index (χ3v) is 5.84. The third kappa shape index (κ3) is 4.78. The summed E-state index contributed by atoms with van der Waals surface area (Å²) in [6.07, 6.45) is 0.943. The Morgan fingerprint density at radius 2 is 2.04 bits per heavy atom. The van der Waals surface area contributed by atoms with Gasteiger partial charge in [0.05, 0.1) is 11.4 Å². The first-order valence-electron chi connectivity index (χ1n) is 7.83. The number of para-hydroxylation sites is 1. The molecular formula is C18H17N3OS3. The van der Waals surface area contributed by atoms with Crippen molar-refractivity contribution in [1.82, 2.24) is 9.78 Å². The number of anilines is 1. The molecule has 0 bridgehead atoms. The average Bonchev–Trinajstić information content (AvgIpc) is 3.01. The number of nitrogens with zero attached hydrogens (tertiary/aromatic N) is 2. The molecule has 0 aliphatic rings. The van der Waals surface area contributed by atoms with Gasteiger partial charge in [0.2, 0.25) is 5.91 Å². The Morgan fingerprint density at radius 1 is 1.24 bits per heavy atom. The maximum Gasteiger partial charge on any atom is 0.234 e. The molecule has 0 radical (unpaired) electrons. The van der Waals surface area contributed by atoms with Crippen LogP contribution in [0.5, 0.6) is 0 Å². The zero-order valence-electron chi connectivity index (χ0n) is 13.6. The van der Waals surface area contributed by atoms with Crippen molar-refractivity contribution in [2.24, 2.45) is 0 Å². The molecule has 7 heteroatoms. The van der Waals surface area contributed by atoms with Crippen molar-refractivity contribution >= 4 is 46.9 Å².